The van der Waals surface area contributed by atoms with Gasteiger partial charge in [-0.2, -0.15) is 5.26 Å². The summed E-state index contributed by atoms with van der Waals surface area (Å²) in [6.45, 7) is 4.44. The van der Waals surface area contributed by atoms with Crippen LogP contribution in [0.2, 0.25) is 0 Å². The number of anilines is 1. The molecule has 208 valence electrons. The highest BCUT2D eigenvalue weighted by Gasteiger charge is 2.36. The first kappa shape index (κ1) is 27.6. The van der Waals surface area contributed by atoms with E-state index in [0.29, 0.717) is 44.4 Å². The largest absolute Gasteiger partial charge is 0.480 e. The van der Waals surface area contributed by atoms with Gasteiger partial charge in [-0.15, -0.1) is 0 Å². The summed E-state index contributed by atoms with van der Waals surface area (Å²) in [5, 5.41) is 23.1. The third kappa shape index (κ3) is 6.96. The van der Waals surface area contributed by atoms with Gasteiger partial charge < -0.3 is 19.9 Å². The van der Waals surface area contributed by atoms with Crippen molar-refractivity contribution in [3.05, 3.63) is 58.3 Å². The molecule has 0 radical (unpaired) electrons. The fourth-order valence-corrected chi connectivity index (χ4v) is 6.15. The smallest absolute Gasteiger partial charge is 0.325 e. The Bertz CT molecular complexity index is 1170. The number of hydrogen-bond acceptors (Lipinski definition) is 7. The van der Waals surface area contributed by atoms with Crippen LogP contribution >= 0.6 is 0 Å². The maximum Gasteiger partial charge on any atom is 0.325 e. The van der Waals surface area contributed by atoms with Crippen LogP contribution in [0.25, 0.3) is 0 Å². The number of aliphatic carboxylic acids is 1. The molecule has 8 nitrogen and oxygen atoms in total. The standard InChI is InChI=1S/C31H40N4O4/c32-19-22-9-12-26(27(18-22)28-8-2-4-17-39-28)29(31(36)37)35-15-13-23(20-35)21-38-16-3-1-7-25-11-10-24-6-5-14-33-30(24)34-25/h9-12,18,23,28-29H,1-8,13-17,20-21H2,(H,33,34)(H,36,37)/t23-,28?,29-/m1/s1. The summed E-state index contributed by atoms with van der Waals surface area (Å²) >= 11 is 0. The molecule has 3 aliphatic heterocycles. The first-order chi connectivity index (χ1) is 19.1. The van der Waals surface area contributed by atoms with Crippen molar-refractivity contribution in [1.29, 1.82) is 5.26 Å². The number of unbranched alkanes of at least 4 members (excludes halogenated alkanes) is 1. The van der Waals surface area contributed by atoms with Gasteiger partial charge >= 0.3 is 5.97 Å². The molecule has 3 atom stereocenters. The van der Waals surface area contributed by atoms with Gasteiger partial charge in [-0.25, -0.2) is 4.98 Å². The maximum absolute atomic E-state index is 12.5. The summed E-state index contributed by atoms with van der Waals surface area (Å²) in [6.07, 6.45) is 8.93. The maximum atomic E-state index is 12.5. The number of likely N-dealkylation sites (tertiary alicyclic amines) is 1. The zero-order valence-corrected chi connectivity index (χ0v) is 22.7. The number of aromatic nitrogens is 1. The molecule has 3 aliphatic rings. The van der Waals surface area contributed by atoms with Crippen LogP contribution in [0.15, 0.2) is 30.3 Å². The van der Waals surface area contributed by atoms with Crippen molar-refractivity contribution in [2.45, 2.75) is 69.9 Å². The van der Waals surface area contributed by atoms with E-state index < -0.39 is 12.0 Å². The fourth-order valence-electron chi connectivity index (χ4n) is 6.15. The van der Waals surface area contributed by atoms with Crippen molar-refractivity contribution >= 4 is 11.8 Å². The molecule has 2 aromatic rings. The molecule has 1 aromatic heterocycles. The zero-order valence-electron chi connectivity index (χ0n) is 22.7. The van der Waals surface area contributed by atoms with E-state index in [4.69, 9.17) is 14.5 Å². The normalized spacial score (nSPS) is 22.0. The molecule has 0 saturated carbocycles. The van der Waals surface area contributed by atoms with E-state index in [1.54, 1.807) is 6.07 Å². The molecule has 0 aliphatic carbocycles. The van der Waals surface area contributed by atoms with Crippen molar-refractivity contribution in [2.24, 2.45) is 5.92 Å². The van der Waals surface area contributed by atoms with E-state index in [1.165, 1.54) is 12.0 Å². The summed E-state index contributed by atoms with van der Waals surface area (Å²) in [5.74, 6) is 0.511. The van der Waals surface area contributed by atoms with Crippen molar-refractivity contribution in [2.75, 3.05) is 44.8 Å². The summed E-state index contributed by atoms with van der Waals surface area (Å²) in [5.41, 5.74) is 4.60. The van der Waals surface area contributed by atoms with Crippen LogP contribution in [-0.4, -0.2) is 60.4 Å². The Kier molecular flexibility index (Phi) is 9.46. The van der Waals surface area contributed by atoms with E-state index in [0.717, 1.165) is 80.6 Å². The van der Waals surface area contributed by atoms with Gasteiger partial charge in [-0.05, 0) is 105 Å². The van der Waals surface area contributed by atoms with E-state index in [2.05, 4.69) is 28.4 Å². The van der Waals surface area contributed by atoms with Gasteiger partial charge in [0.25, 0.3) is 0 Å². The molecule has 2 fully saturated rings. The van der Waals surface area contributed by atoms with Gasteiger partial charge in [0.2, 0.25) is 0 Å². The Morgan fingerprint density at radius 3 is 2.97 bits per heavy atom. The monoisotopic (exact) mass is 532 g/mol. The number of nitrogens with zero attached hydrogens (tertiary/aromatic N) is 3. The van der Waals surface area contributed by atoms with Crippen molar-refractivity contribution in [1.82, 2.24) is 9.88 Å². The van der Waals surface area contributed by atoms with Crippen molar-refractivity contribution in [3.8, 4) is 6.07 Å². The average molecular weight is 533 g/mol. The van der Waals surface area contributed by atoms with Gasteiger partial charge in [0.1, 0.15) is 11.9 Å². The molecule has 0 spiro atoms. The van der Waals surface area contributed by atoms with Crippen LogP contribution in [0.3, 0.4) is 0 Å². The Hall–Kier alpha value is -2.99. The zero-order chi connectivity index (χ0) is 27.0. The van der Waals surface area contributed by atoms with E-state index in [1.807, 2.05) is 12.1 Å². The van der Waals surface area contributed by atoms with Crippen LogP contribution in [0.1, 0.15) is 85.0 Å². The lowest BCUT2D eigenvalue weighted by Gasteiger charge is -2.30. The highest BCUT2D eigenvalue weighted by molar-refractivity contribution is 5.76. The molecule has 1 aromatic carbocycles. The topological polar surface area (TPSA) is 108 Å². The van der Waals surface area contributed by atoms with E-state index in [9.17, 15) is 15.2 Å². The third-order valence-corrected chi connectivity index (χ3v) is 8.23. The highest BCUT2D eigenvalue weighted by atomic mass is 16.5. The molecular formula is C31H40N4O4. The van der Waals surface area contributed by atoms with Gasteiger partial charge in [-0.1, -0.05) is 12.1 Å². The van der Waals surface area contributed by atoms with Gasteiger partial charge in [0.15, 0.2) is 0 Å². The first-order valence-corrected chi connectivity index (χ1v) is 14.5. The number of carbonyl (C=O) groups is 1. The molecule has 2 saturated heterocycles. The Morgan fingerprint density at radius 2 is 2.15 bits per heavy atom. The SMILES string of the molecule is N#Cc1ccc([C@H](C(=O)O)N2CC[C@@H](COCCCCc3ccc4c(n3)NCCC4)C2)c(C2CCCCO2)c1. The quantitative estimate of drug-likeness (QED) is 0.388. The summed E-state index contributed by atoms with van der Waals surface area (Å²) in [7, 11) is 0. The molecule has 0 bridgehead atoms. The Labute approximate surface area is 231 Å². The number of fused-ring (bicyclic) bond motifs is 1. The number of benzene rings is 1. The predicted molar refractivity (Wildman–Crippen MR) is 149 cm³/mol. The van der Waals surface area contributed by atoms with Crippen molar-refractivity contribution in [3.63, 3.8) is 0 Å². The average Bonchev–Trinajstić information content (AvgIpc) is 3.43. The number of carboxylic acid groups (broad SMARTS) is 1. The number of hydrogen-bond donors (Lipinski definition) is 2. The number of carboxylic acids is 1. The number of nitriles is 1. The second-order valence-corrected chi connectivity index (χ2v) is 11.1. The molecule has 4 heterocycles. The van der Waals surface area contributed by atoms with Gasteiger partial charge in [0, 0.05) is 32.0 Å². The minimum absolute atomic E-state index is 0.154. The number of ether oxygens (including phenoxy) is 2. The van der Waals surface area contributed by atoms with Crippen LogP contribution in [-0.2, 0) is 27.1 Å². The predicted octanol–water partition coefficient (Wildman–Crippen LogP) is 5.04. The Morgan fingerprint density at radius 1 is 1.23 bits per heavy atom. The van der Waals surface area contributed by atoms with E-state index in [-0.39, 0.29) is 6.10 Å². The lowest BCUT2D eigenvalue weighted by molar-refractivity contribution is -0.143. The number of nitrogens with one attached hydrogen (secondary N) is 1. The molecule has 0 amide bonds. The van der Waals surface area contributed by atoms with Crippen molar-refractivity contribution < 1.29 is 19.4 Å². The minimum atomic E-state index is -0.857. The van der Waals surface area contributed by atoms with Gasteiger partial charge in [-0.3, -0.25) is 9.69 Å². The fraction of sp³-hybridized carbons (Fsp3) is 0.581. The molecular weight excluding hydrogens is 492 g/mol. The molecule has 8 heteroatoms. The number of pyridine rings is 1. The van der Waals surface area contributed by atoms with Crippen LogP contribution < -0.4 is 5.32 Å². The lowest BCUT2D eigenvalue weighted by Crippen LogP contribution is -2.34. The van der Waals surface area contributed by atoms with Crippen LogP contribution in [0.5, 0.6) is 0 Å². The van der Waals surface area contributed by atoms with E-state index >= 15 is 0 Å². The summed E-state index contributed by atoms with van der Waals surface area (Å²) < 4.78 is 12.0. The number of aryl methyl sites for hydroxylation is 2. The first-order valence-electron chi connectivity index (χ1n) is 14.5. The molecule has 5 rings (SSSR count). The third-order valence-electron chi connectivity index (χ3n) is 8.23. The van der Waals surface area contributed by atoms with Gasteiger partial charge in [0.05, 0.1) is 24.3 Å². The second-order valence-electron chi connectivity index (χ2n) is 11.1. The molecule has 1 unspecified atom stereocenters. The highest BCUT2D eigenvalue weighted by Crippen LogP contribution is 2.37. The summed E-state index contributed by atoms with van der Waals surface area (Å²) in [4.78, 5) is 19.4. The lowest BCUT2D eigenvalue weighted by atomic mass is 9.90. The minimum Gasteiger partial charge on any atom is -0.480 e. The summed E-state index contributed by atoms with van der Waals surface area (Å²) in [6, 6.07) is 11.2. The van der Waals surface area contributed by atoms with Crippen LogP contribution in [0, 0.1) is 17.2 Å². The second kappa shape index (κ2) is 13.4. The van der Waals surface area contributed by atoms with Crippen LogP contribution in [0.4, 0.5) is 5.82 Å². The molecule has 39 heavy (non-hydrogen) atoms. The Balaban J connectivity index is 1.11. The number of rotatable bonds is 11. The molecule has 2 N–H and O–H groups in total.